The monoisotopic (exact) mass is 289 g/mol. The molecule has 0 bridgehead atoms. The minimum absolute atomic E-state index is 0.525. The van der Waals surface area contributed by atoms with Crippen molar-refractivity contribution in [2.24, 2.45) is 5.73 Å². The highest BCUT2D eigenvalue weighted by atomic mass is 35.5. The van der Waals surface area contributed by atoms with Gasteiger partial charge >= 0.3 is 0 Å². The Morgan fingerprint density at radius 1 is 1.00 bits per heavy atom. The SMILES string of the molecule is Cc1ccc(COc2ccc(CCN)cc2Cl)cc1C. The van der Waals surface area contributed by atoms with Gasteiger partial charge in [-0.1, -0.05) is 35.9 Å². The Balaban J connectivity index is 2.05. The zero-order valence-electron chi connectivity index (χ0n) is 11.9. The summed E-state index contributed by atoms with van der Waals surface area (Å²) in [5.74, 6) is 0.714. The van der Waals surface area contributed by atoms with Crippen molar-refractivity contribution in [2.45, 2.75) is 26.9 Å². The summed E-state index contributed by atoms with van der Waals surface area (Å²) in [6, 6.07) is 12.2. The molecule has 0 fully saturated rings. The van der Waals surface area contributed by atoms with E-state index in [9.17, 15) is 0 Å². The van der Waals surface area contributed by atoms with E-state index in [1.807, 2.05) is 18.2 Å². The lowest BCUT2D eigenvalue weighted by atomic mass is 10.1. The van der Waals surface area contributed by atoms with Gasteiger partial charge in [-0.3, -0.25) is 0 Å². The van der Waals surface area contributed by atoms with Gasteiger partial charge in [-0.2, -0.15) is 0 Å². The van der Waals surface area contributed by atoms with Crippen molar-refractivity contribution >= 4 is 11.6 Å². The third kappa shape index (κ3) is 3.75. The van der Waals surface area contributed by atoms with Crippen LogP contribution in [0.2, 0.25) is 5.02 Å². The first-order valence-electron chi connectivity index (χ1n) is 6.77. The van der Waals surface area contributed by atoms with Crippen LogP contribution < -0.4 is 10.5 Å². The molecule has 0 aromatic heterocycles. The van der Waals surface area contributed by atoms with Crippen LogP contribution in [0.1, 0.15) is 22.3 Å². The quantitative estimate of drug-likeness (QED) is 0.902. The van der Waals surface area contributed by atoms with Gasteiger partial charge in [-0.05, 0) is 61.2 Å². The van der Waals surface area contributed by atoms with Crippen molar-refractivity contribution in [3.8, 4) is 5.75 Å². The molecule has 2 rings (SSSR count). The normalized spacial score (nSPS) is 10.6. The standard InChI is InChI=1S/C17H20ClNO/c1-12-3-4-15(9-13(12)2)11-20-17-6-5-14(7-8-19)10-16(17)18/h3-6,9-10H,7-8,11,19H2,1-2H3. The lowest BCUT2D eigenvalue weighted by Gasteiger charge is -2.10. The maximum Gasteiger partial charge on any atom is 0.138 e. The molecule has 2 aromatic carbocycles. The van der Waals surface area contributed by atoms with Gasteiger partial charge in [-0.15, -0.1) is 0 Å². The molecule has 0 saturated carbocycles. The summed E-state index contributed by atoms with van der Waals surface area (Å²) >= 11 is 6.22. The maximum absolute atomic E-state index is 6.22. The smallest absolute Gasteiger partial charge is 0.138 e. The fourth-order valence-electron chi connectivity index (χ4n) is 2.04. The molecule has 0 saturated heterocycles. The summed E-state index contributed by atoms with van der Waals surface area (Å²) in [5, 5.41) is 0.639. The first-order chi connectivity index (χ1) is 9.60. The molecule has 0 aliphatic rings. The molecule has 3 heteroatoms. The first-order valence-corrected chi connectivity index (χ1v) is 7.15. The van der Waals surface area contributed by atoms with Crippen molar-refractivity contribution in [1.29, 1.82) is 0 Å². The Morgan fingerprint density at radius 3 is 2.40 bits per heavy atom. The van der Waals surface area contributed by atoms with Crippen LogP contribution in [0.25, 0.3) is 0 Å². The summed E-state index contributed by atoms with van der Waals surface area (Å²) in [6.45, 7) is 5.36. The Kier molecular flexibility index (Phi) is 5.05. The van der Waals surface area contributed by atoms with Gasteiger partial charge in [0, 0.05) is 0 Å². The number of hydrogen-bond donors (Lipinski definition) is 1. The van der Waals surface area contributed by atoms with E-state index in [1.54, 1.807) is 0 Å². The fourth-order valence-corrected chi connectivity index (χ4v) is 2.30. The van der Waals surface area contributed by atoms with E-state index in [0.29, 0.717) is 23.9 Å². The third-order valence-corrected chi connectivity index (χ3v) is 3.69. The number of aryl methyl sites for hydroxylation is 2. The number of nitrogens with two attached hydrogens (primary N) is 1. The Morgan fingerprint density at radius 2 is 1.75 bits per heavy atom. The first kappa shape index (κ1) is 14.9. The second kappa shape index (κ2) is 6.78. The number of hydrogen-bond acceptors (Lipinski definition) is 2. The lowest BCUT2D eigenvalue weighted by molar-refractivity contribution is 0.306. The van der Waals surface area contributed by atoms with Crippen LogP contribution in [0.5, 0.6) is 5.75 Å². The van der Waals surface area contributed by atoms with Crippen LogP contribution in [-0.4, -0.2) is 6.54 Å². The number of ether oxygens (including phenoxy) is 1. The van der Waals surface area contributed by atoms with Gasteiger partial charge in [0.15, 0.2) is 0 Å². The van der Waals surface area contributed by atoms with Crippen LogP contribution in [0.3, 0.4) is 0 Å². The summed E-state index contributed by atoms with van der Waals surface area (Å²) in [5.41, 5.74) is 10.4. The van der Waals surface area contributed by atoms with E-state index in [1.165, 1.54) is 11.1 Å². The Hall–Kier alpha value is -1.51. The zero-order chi connectivity index (χ0) is 14.5. The van der Waals surface area contributed by atoms with Gasteiger partial charge in [0.05, 0.1) is 5.02 Å². The van der Waals surface area contributed by atoms with Crippen molar-refractivity contribution in [3.05, 3.63) is 63.7 Å². The minimum atomic E-state index is 0.525. The molecule has 0 aliphatic carbocycles. The predicted octanol–water partition coefficient (Wildman–Crippen LogP) is 4.04. The van der Waals surface area contributed by atoms with E-state index >= 15 is 0 Å². The molecule has 2 N–H and O–H groups in total. The summed E-state index contributed by atoms with van der Waals surface area (Å²) in [6.07, 6.45) is 0.831. The molecule has 0 radical (unpaired) electrons. The maximum atomic E-state index is 6.22. The van der Waals surface area contributed by atoms with E-state index in [2.05, 4.69) is 32.0 Å². The highest BCUT2D eigenvalue weighted by molar-refractivity contribution is 6.32. The molecule has 2 aromatic rings. The summed E-state index contributed by atoms with van der Waals surface area (Å²) < 4.78 is 5.79. The van der Waals surface area contributed by atoms with Crippen LogP contribution in [0.4, 0.5) is 0 Å². The van der Waals surface area contributed by atoms with Crippen molar-refractivity contribution in [2.75, 3.05) is 6.54 Å². The molecule has 0 atom stereocenters. The predicted molar refractivity (Wildman–Crippen MR) is 84.5 cm³/mol. The fraction of sp³-hybridized carbons (Fsp3) is 0.294. The summed E-state index contributed by atoms with van der Waals surface area (Å²) in [7, 11) is 0. The highest BCUT2D eigenvalue weighted by Gasteiger charge is 2.04. The average Bonchev–Trinajstić information content (AvgIpc) is 2.42. The molecular formula is C17H20ClNO. The van der Waals surface area contributed by atoms with Crippen LogP contribution in [0, 0.1) is 13.8 Å². The molecule has 0 spiro atoms. The van der Waals surface area contributed by atoms with Crippen LogP contribution in [0.15, 0.2) is 36.4 Å². The number of benzene rings is 2. The van der Waals surface area contributed by atoms with E-state index in [-0.39, 0.29) is 0 Å². The van der Waals surface area contributed by atoms with Gasteiger partial charge in [0.2, 0.25) is 0 Å². The summed E-state index contributed by atoms with van der Waals surface area (Å²) in [4.78, 5) is 0. The average molecular weight is 290 g/mol. The second-order valence-electron chi connectivity index (χ2n) is 5.01. The van der Waals surface area contributed by atoms with Gasteiger partial charge in [0.1, 0.15) is 12.4 Å². The molecule has 0 heterocycles. The largest absolute Gasteiger partial charge is 0.487 e. The van der Waals surface area contributed by atoms with Gasteiger partial charge in [-0.25, -0.2) is 0 Å². The molecule has 20 heavy (non-hydrogen) atoms. The zero-order valence-corrected chi connectivity index (χ0v) is 12.7. The van der Waals surface area contributed by atoms with Crippen molar-refractivity contribution < 1.29 is 4.74 Å². The Labute approximate surface area is 125 Å². The molecule has 0 unspecified atom stereocenters. The van der Waals surface area contributed by atoms with E-state index in [0.717, 1.165) is 17.5 Å². The number of halogens is 1. The molecule has 0 aliphatic heterocycles. The highest BCUT2D eigenvalue weighted by Crippen LogP contribution is 2.26. The Bertz CT molecular complexity index is 596. The van der Waals surface area contributed by atoms with Gasteiger partial charge in [0.25, 0.3) is 0 Å². The van der Waals surface area contributed by atoms with Crippen molar-refractivity contribution in [1.82, 2.24) is 0 Å². The van der Waals surface area contributed by atoms with Crippen LogP contribution >= 0.6 is 11.6 Å². The van der Waals surface area contributed by atoms with Crippen molar-refractivity contribution in [3.63, 3.8) is 0 Å². The second-order valence-corrected chi connectivity index (χ2v) is 5.42. The number of rotatable bonds is 5. The molecule has 2 nitrogen and oxygen atoms in total. The third-order valence-electron chi connectivity index (χ3n) is 3.39. The topological polar surface area (TPSA) is 35.2 Å². The molecule has 0 amide bonds. The van der Waals surface area contributed by atoms with E-state index in [4.69, 9.17) is 22.1 Å². The lowest BCUT2D eigenvalue weighted by Crippen LogP contribution is -2.03. The van der Waals surface area contributed by atoms with Gasteiger partial charge < -0.3 is 10.5 Å². The van der Waals surface area contributed by atoms with E-state index < -0.39 is 0 Å². The van der Waals surface area contributed by atoms with Crippen LogP contribution in [-0.2, 0) is 13.0 Å². The minimum Gasteiger partial charge on any atom is -0.487 e. The molecular weight excluding hydrogens is 270 g/mol. The molecule has 106 valence electrons.